The van der Waals surface area contributed by atoms with Crippen molar-refractivity contribution >= 4 is 39.8 Å². The van der Waals surface area contributed by atoms with E-state index in [1.54, 1.807) is 6.26 Å². The van der Waals surface area contributed by atoms with Crippen LogP contribution in [0, 0.1) is 0 Å². The van der Waals surface area contributed by atoms with Gasteiger partial charge >= 0.3 is 0 Å². The Morgan fingerprint density at radius 2 is 1.88 bits per heavy atom. The van der Waals surface area contributed by atoms with Crippen molar-refractivity contribution in [3.8, 4) is 0 Å². The Balaban J connectivity index is 0.00000338. The van der Waals surface area contributed by atoms with Gasteiger partial charge in [-0.1, -0.05) is 30.3 Å². The summed E-state index contributed by atoms with van der Waals surface area (Å²) < 4.78 is 29.6. The molecule has 0 fully saturated rings. The lowest BCUT2D eigenvalue weighted by atomic mass is 10.2. The van der Waals surface area contributed by atoms with E-state index in [4.69, 9.17) is 4.42 Å². The van der Waals surface area contributed by atoms with Crippen LogP contribution in [-0.2, 0) is 22.1 Å². The number of nitrogens with zero attached hydrogens (tertiary/aromatic N) is 1. The van der Waals surface area contributed by atoms with Gasteiger partial charge in [-0.2, -0.15) is 0 Å². The van der Waals surface area contributed by atoms with E-state index in [9.17, 15) is 8.42 Å². The zero-order valence-corrected chi connectivity index (χ0v) is 18.0. The molecule has 1 aromatic heterocycles. The molecular formula is C18H26IN3O3S. The average Bonchev–Trinajstić information content (AvgIpc) is 3.10. The number of sulfone groups is 1. The van der Waals surface area contributed by atoms with Gasteiger partial charge in [-0.15, -0.1) is 24.0 Å². The Kier molecular flexibility index (Phi) is 10.3. The van der Waals surface area contributed by atoms with Crippen LogP contribution in [0.1, 0.15) is 24.7 Å². The molecule has 8 heteroatoms. The van der Waals surface area contributed by atoms with Gasteiger partial charge in [0.1, 0.15) is 12.3 Å². The number of hydrogen-bond donors (Lipinski definition) is 2. The zero-order chi connectivity index (χ0) is 18.0. The highest BCUT2D eigenvalue weighted by Crippen LogP contribution is 2.07. The van der Waals surface area contributed by atoms with Gasteiger partial charge in [-0.3, -0.25) is 0 Å². The van der Waals surface area contributed by atoms with Gasteiger partial charge in [0, 0.05) is 13.1 Å². The van der Waals surface area contributed by atoms with Crippen LogP contribution in [0.4, 0.5) is 0 Å². The van der Waals surface area contributed by atoms with Crippen LogP contribution >= 0.6 is 24.0 Å². The summed E-state index contributed by atoms with van der Waals surface area (Å²) in [7, 11) is -3.11. The molecule has 0 spiro atoms. The third-order valence-corrected chi connectivity index (χ3v) is 5.16. The lowest BCUT2D eigenvalue weighted by molar-refractivity contribution is 0.512. The largest absolute Gasteiger partial charge is 0.467 e. The minimum atomic E-state index is -3.11. The van der Waals surface area contributed by atoms with Crippen LogP contribution in [0.15, 0.2) is 58.1 Å². The van der Waals surface area contributed by atoms with Crippen molar-refractivity contribution < 1.29 is 12.8 Å². The van der Waals surface area contributed by atoms with Gasteiger partial charge in [0.05, 0.1) is 17.8 Å². The standard InChI is InChI=1S/C18H25N3O3S.HI/c1-2-19-18(21-14-17-10-6-12-24-17)20-11-7-13-25(22,23)15-16-8-4-3-5-9-16;/h3-6,8-10,12H,2,7,11,13-15H2,1H3,(H2,19,20,21);1H. The summed E-state index contributed by atoms with van der Waals surface area (Å²) >= 11 is 0. The highest BCUT2D eigenvalue weighted by atomic mass is 127. The molecule has 0 atom stereocenters. The van der Waals surface area contributed by atoms with E-state index in [1.807, 2.05) is 49.4 Å². The molecule has 1 aromatic carbocycles. The maximum atomic E-state index is 12.2. The number of halogens is 1. The van der Waals surface area contributed by atoms with Crippen LogP contribution in [0.5, 0.6) is 0 Å². The second kappa shape index (κ2) is 11.9. The molecule has 0 radical (unpaired) electrons. The van der Waals surface area contributed by atoms with Gasteiger partial charge in [-0.05, 0) is 31.0 Å². The minimum absolute atomic E-state index is 0. The second-order valence-electron chi connectivity index (χ2n) is 5.63. The highest BCUT2D eigenvalue weighted by Gasteiger charge is 2.11. The van der Waals surface area contributed by atoms with Crippen molar-refractivity contribution in [1.29, 1.82) is 0 Å². The molecule has 0 unspecified atom stereocenters. The summed E-state index contributed by atoms with van der Waals surface area (Å²) in [6, 6.07) is 12.9. The Morgan fingerprint density at radius 1 is 1.12 bits per heavy atom. The van der Waals surface area contributed by atoms with Gasteiger partial charge in [-0.25, -0.2) is 13.4 Å². The van der Waals surface area contributed by atoms with Crippen molar-refractivity contribution in [3.05, 3.63) is 60.1 Å². The summed E-state index contributed by atoms with van der Waals surface area (Å²) in [4.78, 5) is 4.41. The lowest BCUT2D eigenvalue weighted by Crippen LogP contribution is -2.38. The van der Waals surface area contributed by atoms with Crippen LogP contribution in [0.3, 0.4) is 0 Å². The van der Waals surface area contributed by atoms with Crippen LogP contribution < -0.4 is 10.6 Å². The predicted octanol–water partition coefficient (Wildman–Crippen LogP) is 2.96. The van der Waals surface area contributed by atoms with Crippen molar-refractivity contribution in [2.75, 3.05) is 18.8 Å². The van der Waals surface area contributed by atoms with Crippen molar-refractivity contribution in [3.63, 3.8) is 0 Å². The van der Waals surface area contributed by atoms with E-state index in [1.165, 1.54) is 0 Å². The monoisotopic (exact) mass is 491 g/mol. The van der Waals surface area contributed by atoms with E-state index in [0.29, 0.717) is 25.5 Å². The smallest absolute Gasteiger partial charge is 0.191 e. The third kappa shape index (κ3) is 8.70. The number of guanidine groups is 1. The predicted molar refractivity (Wildman–Crippen MR) is 115 cm³/mol. The molecule has 0 saturated carbocycles. The molecule has 2 N–H and O–H groups in total. The quantitative estimate of drug-likeness (QED) is 0.244. The zero-order valence-electron chi connectivity index (χ0n) is 14.8. The second-order valence-corrected chi connectivity index (χ2v) is 7.82. The molecule has 0 aliphatic carbocycles. The molecule has 2 rings (SSSR count). The molecule has 0 aliphatic heterocycles. The Labute approximate surface area is 172 Å². The molecule has 6 nitrogen and oxygen atoms in total. The normalized spacial score (nSPS) is 11.7. The average molecular weight is 491 g/mol. The SMILES string of the molecule is CCNC(=NCc1ccco1)NCCCS(=O)(=O)Cc1ccccc1.I. The molecule has 1 heterocycles. The van der Waals surface area contributed by atoms with Crippen molar-refractivity contribution in [2.45, 2.75) is 25.6 Å². The Hall–Kier alpha value is -1.55. The van der Waals surface area contributed by atoms with Crippen LogP contribution in [0.2, 0.25) is 0 Å². The first-order valence-corrected chi connectivity index (χ1v) is 10.2. The van der Waals surface area contributed by atoms with Crippen molar-refractivity contribution in [1.82, 2.24) is 10.6 Å². The van der Waals surface area contributed by atoms with E-state index in [0.717, 1.165) is 17.9 Å². The molecule has 0 aliphatic rings. The van der Waals surface area contributed by atoms with E-state index < -0.39 is 9.84 Å². The Bertz CT molecular complexity index is 747. The van der Waals surface area contributed by atoms with E-state index >= 15 is 0 Å². The van der Waals surface area contributed by atoms with Crippen molar-refractivity contribution in [2.24, 2.45) is 4.99 Å². The summed E-state index contributed by atoms with van der Waals surface area (Å²) in [5, 5.41) is 6.28. The van der Waals surface area contributed by atoms with E-state index in [-0.39, 0.29) is 35.5 Å². The molecule has 144 valence electrons. The third-order valence-electron chi connectivity index (χ3n) is 3.47. The lowest BCUT2D eigenvalue weighted by Gasteiger charge is -2.11. The van der Waals surface area contributed by atoms with Crippen LogP contribution in [0.25, 0.3) is 0 Å². The van der Waals surface area contributed by atoms with Gasteiger partial charge in [0.2, 0.25) is 0 Å². The first kappa shape index (κ1) is 22.5. The van der Waals surface area contributed by atoms with E-state index in [2.05, 4.69) is 15.6 Å². The number of benzene rings is 1. The molecule has 2 aromatic rings. The first-order chi connectivity index (χ1) is 12.1. The number of nitrogens with one attached hydrogen (secondary N) is 2. The maximum Gasteiger partial charge on any atom is 0.191 e. The molecule has 0 saturated heterocycles. The topological polar surface area (TPSA) is 83.7 Å². The van der Waals surface area contributed by atoms with Crippen LogP contribution in [-0.4, -0.2) is 33.2 Å². The molecule has 26 heavy (non-hydrogen) atoms. The molecule has 0 bridgehead atoms. The summed E-state index contributed by atoms with van der Waals surface area (Å²) in [6.45, 7) is 3.69. The first-order valence-electron chi connectivity index (χ1n) is 8.38. The number of hydrogen-bond acceptors (Lipinski definition) is 4. The summed E-state index contributed by atoms with van der Waals surface area (Å²) in [6.07, 6.45) is 2.14. The summed E-state index contributed by atoms with van der Waals surface area (Å²) in [5.74, 6) is 1.66. The maximum absolute atomic E-state index is 12.2. The Morgan fingerprint density at radius 3 is 2.54 bits per heavy atom. The van der Waals surface area contributed by atoms with Gasteiger partial charge < -0.3 is 15.1 Å². The number of rotatable bonds is 9. The number of aliphatic imine (C=N–C) groups is 1. The molecule has 0 amide bonds. The minimum Gasteiger partial charge on any atom is -0.467 e. The van der Waals surface area contributed by atoms with Gasteiger partial charge in [0.15, 0.2) is 15.8 Å². The molecular weight excluding hydrogens is 465 g/mol. The fraction of sp³-hybridized carbons (Fsp3) is 0.389. The fourth-order valence-electron chi connectivity index (χ4n) is 2.30. The highest BCUT2D eigenvalue weighted by molar-refractivity contribution is 14.0. The number of furan rings is 1. The summed E-state index contributed by atoms with van der Waals surface area (Å²) in [5.41, 5.74) is 0.823. The van der Waals surface area contributed by atoms with Gasteiger partial charge in [0.25, 0.3) is 0 Å². The fourth-order valence-corrected chi connectivity index (χ4v) is 3.73.